The quantitative estimate of drug-likeness (QED) is 0.553. The Kier molecular flexibility index (Phi) is 4.54. The number of hydrogen-bond acceptors (Lipinski definition) is 6. The van der Waals surface area contributed by atoms with E-state index < -0.39 is 15.8 Å². The van der Waals surface area contributed by atoms with Crippen LogP contribution in [0, 0.1) is 0 Å². The van der Waals surface area contributed by atoms with Crippen LogP contribution in [0.1, 0.15) is 5.56 Å². The molecule has 0 aliphatic rings. The summed E-state index contributed by atoms with van der Waals surface area (Å²) in [6.07, 6.45) is 4.96. The predicted molar refractivity (Wildman–Crippen MR) is 103 cm³/mol. The van der Waals surface area contributed by atoms with Gasteiger partial charge in [0.1, 0.15) is 0 Å². The number of fused-ring (bicyclic) bond motifs is 1. The number of aromatic nitrogens is 3. The molecule has 142 valence electrons. The maximum absolute atomic E-state index is 12.8. The summed E-state index contributed by atoms with van der Waals surface area (Å²) < 4.78 is 34.4. The van der Waals surface area contributed by atoms with E-state index in [9.17, 15) is 13.2 Å². The first kappa shape index (κ1) is 18.1. The Hall–Kier alpha value is -3.30. The molecule has 3 aromatic heterocycles. The summed E-state index contributed by atoms with van der Waals surface area (Å²) in [7, 11) is -2.28. The molecular weight excluding hydrogens is 380 g/mol. The minimum Gasteiger partial charge on any atom is -0.408 e. The Bertz CT molecular complexity index is 1310. The molecule has 9 heteroatoms. The van der Waals surface area contributed by atoms with Crippen molar-refractivity contribution in [3.8, 4) is 11.3 Å². The number of hydrogen-bond donors (Lipinski definition) is 1. The molecule has 0 spiro atoms. The number of benzene rings is 1. The molecular formula is C19H16N4O4S. The van der Waals surface area contributed by atoms with Crippen LogP contribution in [0.5, 0.6) is 0 Å². The van der Waals surface area contributed by atoms with E-state index in [1.165, 1.54) is 29.8 Å². The molecule has 0 atom stereocenters. The molecule has 1 N–H and O–H groups in total. The molecule has 0 saturated heterocycles. The van der Waals surface area contributed by atoms with Gasteiger partial charge in [-0.1, -0.05) is 6.07 Å². The number of nitrogens with one attached hydrogen (secondary N) is 1. The standard InChI is InChI=1S/C19H16N4O4S/c1-23-16-11-15(4-5-17(16)27-19(23)24)28(25,26)22-12-14-3-2-8-21-18(14)13-6-9-20-10-7-13/h2-11,22H,12H2,1H3. The van der Waals surface area contributed by atoms with Gasteiger partial charge >= 0.3 is 5.76 Å². The van der Waals surface area contributed by atoms with E-state index in [4.69, 9.17) is 4.42 Å². The van der Waals surface area contributed by atoms with Crippen molar-refractivity contribution < 1.29 is 12.8 Å². The minimum atomic E-state index is -3.80. The zero-order chi connectivity index (χ0) is 19.7. The Morgan fingerprint density at radius 1 is 1.11 bits per heavy atom. The Labute approximate surface area is 160 Å². The first-order valence-electron chi connectivity index (χ1n) is 8.39. The van der Waals surface area contributed by atoms with E-state index in [0.717, 1.165) is 11.1 Å². The maximum Gasteiger partial charge on any atom is 0.419 e. The van der Waals surface area contributed by atoms with Gasteiger partial charge in [-0.3, -0.25) is 14.5 Å². The van der Waals surface area contributed by atoms with E-state index in [-0.39, 0.29) is 11.4 Å². The molecule has 4 rings (SSSR count). The Balaban J connectivity index is 1.64. The van der Waals surface area contributed by atoms with Crippen LogP contribution >= 0.6 is 0 Å². The van der Waals surface area contributed by atoms with Crippen molar-refractivity contribution >= 4 is 21.1 Å². The maximum atomic E-state index is 12.8. The van der Waals surface area contributed by atoms with E-state index in [0.29, 0.717) is 16.8 Å². The third kappa shape index (κ3) is 3.32. The Morgan fingerprint density at radius 3 is 2.68 bits per heavy atom. The van der Waals surface area contributed by atoms with Crippen LogP contribution < -0.4 is 10.5 Å². The minimum absolute atomic E-state index is 0.0470. The number of rotatable bonds is 5. The molecule has 4 aromatic rings. The lowest BCUT2D eigenvalue weighted by molar-refractivity contribution is 0.528. The average molecular weight is 396 g/mol. The van der Waals surface area contributed by atoms with Crippen LogP contribution in [0.3, 0.4) is 0 Å². The van der Waals surface area contributed by atoms with E-state index >= 15 is 0 Å². The van der Waals surface area contributed by atoms with Crippen molar-refractivity contribution in [1.29, 1.82) is 0 Å². The van der Waals surface area contributed by atoms with Crippen molar-refractivity contribution in [3.05, 3.63) is 77.2 Å². The van der Waals surface area contributed by atoms with Crippen LogP contribution in [-0.4, -0.2) is 23.0 Å². The molecule has 8 nitrogen and oxygen atoms in total. The largest absolute Gasteiger partial charge is 0.419 e. The molecule has 0 fully saturated rings. The van der Waals surface area contributed by atoms with Gasteiger partial charge in [0.05, 0.1) is 16.1 Å². The summed E-state index contributed by atoms with van der Waals surface area (Å²) in [5.74, 6) is -0.546. The molecule has 0 amide bonds. The van der Waals surface area contributed by atoms with Gasteiger partial charge in [-0.05, 0) is 42.0 Å². The van der Waals surface area contributed by atoms with E-state index in [2.05, 4.69) is 14.7 Å². The second-order valence-electron chi connectivity index (χ2n) is 6.13. The molecule has 0 radical (unpaired) electrons. The van der Waals surface area contributed by atoms with Crippen LogP contribution in [0.4, 0.5) is 0 Å². The lowest BCUT2D eigenvalue weighted by Gasteiger charge is -2.10. The van der Waals surface area contributed by atoms with Crippen molar-refractivity contribution in [3.63, 3.8) is 0 Å². The number of sulfonamides is 1. The van der Waals surface area contributed by atoms with Crippen LogP contribution in [0.2, 0.25) is 0 Å². The number of aryl methyl sites for hydroxylation is 1. The second kappa shape index (κ2) is 7.02. The first-order chi connectivity index (χ1) is 13.5. The molecule has 28 heavy (non-hydrogen) atoms. The highest BCUT2D eigenvalue weighted by atomic mass is 32.2. The van der Waals surface area contributed by atoms with Crippen molar-refractivity contribution in [2.24, 2.45) is 7.05 Å². The summed E-state index contributed by atoms with van der Waals surface area (Å²) >= 11 is 0. The fraction of sp³-hybridized carbons (Fsp3) is 0.105. The lowest BCUT2D eigenvalue weighted by atomic mass is 10.1. The van der Waals surface area contributed by atoms with Crippen molar-refractivity contribution in [2.45, 2.75) is 11.4 Å². The lowest BCUT2D eigenvalue weighted by Crippen LogP contribution is -2.23. The normalized spacial score (nSPS) is 11.8. The van der Waals surface area contributed by atoms with Crippen LogP contribution in [-0.2, 0) is 23.6 Å². The predicted octanol–water partition coefficient (Wildman–Crippen LogP) is 2.07. The van der Waals surface area contributed by atoms with Gasteiger partial charge in [0.2, 0.25) is 10.0 Å². The van der Waals surface area contributed by atoms with Gasteiger partial charge in [-0.25, -0.2) is 17.9 Å². The van der Waals surface area contributed by atoms with Gasteiger partial charge in [-0.15, -0.1) is 0 Å². The van der Waals surface area contributed by atoms with Gasteiger partial charge < -0.3 is 4.42 Å². The van der Waals surface area contributed by atoms with Gasteiger partial charge in [0.15, 0.2) is 5.58 Å². The SMILES string of the molecule is Cn1c(=O)oc2ccc(S(=O)(=O)NCc3cccnc3-c3ccncc3)cc21. The second-order valence-corrected chi connectivity index (χ2v) is 7.90. The molecule has 0 saturated carbocycles. The average Bonchev–Trinajstić information content (AvgIpc) is 3.01. The van der Waals surface area contributed by atoms with Gasteiger partial charge in [-0.2, -0.15) is 0 Å². The Morgan fingerprint density at radius 2 is 1.89 bits per heavy atom. The number of oxazole rings is 1. The smallest absolute Gasteiger partial charge is 0.408 e. The van der Waals surface area contributed by atoms with Gasteiger partial charge in [0.25, 0.3) is 0 Å². The first-order valence-corrected chi connectivity index (χ1v) is 9.87. The molecule has 0 aliphatic heterocycles. The highest BCUT2D eigenvalue weighted by Gasteiger charge is 2.18. The third-order valence-electron chi connectivity index (χ3n) is 4.37. The highest BCUT2D eigenvalue weighted by molar-refractivity contribution is 7.89. The molecule has 0 bridgehead atoms. The number of pyridine rings is 2. The van der Waals surface area contributed by atoms with E-state index in [1.54, 1.807) is 24.7 Å². The third-order valence-corrected chi connectivity index (χ3v) is 5.77. The fourth-order valence-electron chi connectivity index (χ4n) is 2.88. The zero-order valence-corrected chi connectivity index (χ0v) is 15.7. The van der Waals surface area contributed by atoms with E-state index in [1.807, 2.05) is 18.2 Å². The van der Waals surface area contributed by atoms with Crippen LogP contribution in [0.15, 0.2) is 75.2 Å². The van der Waals surface area contributed by atoms with Crippen LogP contribution in [0.25, 0.3) is 22.4 Å². The summed E-state index contributed by atoms with van der Waals surface area (Å²) in [5, 5.41) is 0. The van der Waals surface area contributed by atoms with Crippen molar-refractivity contribution in [1.82, 2.24) is 19.3 Å². The van der Waals surface area contributed by atoms with Gasteiger partial charge in [0, 0.05) is 37.7 Å². The summed E-state index contributed by atoms with van der Waals surface area (Å²) in [6, 6.07) is 11.5. The topological polar surface area (TPSA) is 107 Å². The molecule has 0 aliphatic carbocycles. The monoisotopic (exact) mass is 396 g/mol. The number of nitrogens with zero attached hydrogens (tertiary/aromatic N) is 3. The molecule has 0 unspecified atom stereocenters. The highest BCUT2D eigenvalue weighted by Crippen LogP contribution is 2.22. The summed E-state index contributed by atoms with van der Waals surface area (Å²) in [4.78, 5) is 20.0. The summed E-state index contributed by atoms with van der Waals surface area (Å²) in [5.41, 5.74) is 3.00. The fourth-order valence-corrected chi connectivity index (χ4v) is 3.91. The summed E-state index contributed by atoms with van der Waals surface area (Å²) in [6.45, 7) is 0.0657. The zero-order valence-electron chi connectivity index (χ0n) is 14.9. The molecule has 1 aromatic carbocycles. The molecule has 3 heterocycles. The van der Waals surface area contributed by atoms with Crippen molar-refractivity contribution in [2.75, 3.05) is 0 Å².